The number of aromatic nitrogens is 2. The number of nitrogens with zero attached hydrogens (tertiary/aromatic N) is 2. The highest BCUT2D eigenvalue weighted by Crippen LogP contribution is 2.31. The van der Waals surface area contributed by atoms with Gasteiger partial charge >= 0.3 is 10.3 Å². The van der Waals surface area contributed by atoms with Gasteiger partial charge in [0.1, 0.15) is 30.1 Å². The molecule has 0 radical (unpaired) electrons. The molecule has 1 fully saturated rings. The Bertz CT molecular complexity index is 1280. The topological polar surface area (TPSA) is 164 Å². The molecule has 0 aliphatic heterocycles. The van der Waals surface area contributed by atoms with Crippen molar-refractivity contribution in [1.82, 2.24) is 14.7 Å². The van der Waals surface area contributed by atoms with E-state index in [1.807, 2.05) is 4.72 Å². The Labute approximate surface area is 204 Å². The van der Waals surface area contributed by atoms with E-state index in [1.165, 1.54) is 25.6 Å². The average molecular weight is 529 g/mol. The first-order valence-corrected chi connectivity index (χ1v) is 12.8. The van der Waals surface area contributed by atoms with Gasteiger partial charge in [-0.2, -0.15) is 13.1 Å². The molecule has 3 aromatic heterocycles. The molecule has 3 heterocycles. The van der Waals surface area contributed by atoms with Crippen LogP contribution in [0.15, 0.2) is 40.5 Å². The number of thiophene rings is 1. The number of hydrogen-bond donors (Lipinski definition) is 4. The lowest BCUT2D eigenvalue weighted by molar-refractivity contribution is 0.0636. The normalized spacial score (nSPS) is 21.5. The van der Waals surface area contributed by atoms with Crippen LogP contribution >= 0.6 is 22.9 Å². The molecule has 0 unspecified atom stereocenters. The van der Waals surface area contributed by atoms with Crippen molar-refractivity contribution in [3.05, 3.63) is 63.1 Å². The van der Waals surface area contributed by atoms with Gasteiger partial charge in [0, 0.05) is 19.3 Å². The third-order valence-corrected chi connectivity index (χ3v) is 7.44. The summed E-state index contributed by atoms with van der Waals surface area (Å²) in [6.45, 7) is 0. The van der Waals surface area contributed by atoms with E-state index < -0.39 is 34.7 Å². The van der Waals surface area contributed by atoms with Crippen molar-refractivity contribution in [2.24, 2.45) is 0 Å². The highest BCUT2D eigenvalue weighted by molar-refractivity contribution is 7.84. The zero-order chi connectivity index (χ0) is 24.5. The Balaban J connectivity index is 1.49. The summed E-state index contributed by atoms with van der Waals surface area (Å²) in [6, 6.07) is 4.23. The number of halogens is 1. The standard InChI is InChI=1S/C20H21ClN4O7S2/c1-22-34(29,30)32-15-6-11(5-13(15)26)25-20-12(7-23-9-24-20)19(28)16-4-10(8-33-16)18(27)14-2-3-17(21)31-14/h2-4,7-9,11,13,15,18,22,26-27H,5-6H2,1H3,(H,23,24,25)/t11-,13+,15-,18-/m1/s1. The monoisotopic (exact) mass is 528 g/mol. The zero-order valence-corrected chi connectivity index (χ0v) is 20.1. The summed E-state index contributed by atoms with van der Waals surface area (Å²) < 4.78 is 35.5. The Morgan fingerprint density at radius 3 is 2.88 bits per heavy atom. The summed E-state index contributed by atoms with van der Waals surface area (Å²) in [6.07, 6.45) is -0.0199. The van der Waals surface area contributed by atoms with E-state index in [-0.39, 0.29) is 41.0 Å². The molecule has 1 saturated carbocycles. The van der Waals surface area contributed by atoms with E-state index >= 15 is 0 Å². The third kappa shape index (κ3) is 5.46. The first-order chi connectivity index (χ1) is 16.2. The quantitative estimate of drug-likeness (QED) is 0.301. The molecule has 0 spiro atoms. The van der Waals surface area contributed by atoms with Gasteiger partial charge in [-0.3, -0.25) is 8.98 Å². The van der Waals surface area contributed by atoms with E-state index in [0.717, 1.165) is 11.3 Å². The van der Waals surface area contributed by atoms with E-state index in [1.54, 1.807) is 17.5 Å². The highest BCUT2D eigenvalue weighted by atomic mass is 35.5. The Morgan fingerprint density at radius 2 is 2.18 bits per heavy atom. The summed E-state index contributed by atoms with van der Waals surface area (Å²) >= 11 is 6.91. The molecule has 1 aliphatic rings. The number of hydrogen-bond acceptors (Lipinski definition) is 11. The van der Waals surface area contributed by atoms with Gasteiger partial charge in [-0.25, -0.2) is 9.97 Å². The van der Waals surface area contributed by atoms with Crippen LogP contribution in [-0.2, 0) is 14.5 Å². The number of carbonyl (C=O) groups is 1. The molecule has 182 valence electrons. The van der Waals surface area contributed by atoms with Gasteiger partial charge in [-0.15, -0.1) is 11.3 Å². The van der Waals surface area contributed by atoms with Gasteiger partial charge in [-0.05, 0) is 53.6 Å². The van der Waals surface area contributed by atoms with E-state index in [0.29, 0.717) is 10.4 Å². The first-order valence-electron chi connectivity index (χ1n) is 10.1. The first kappa shape index (κ1) is 24.7. The number of rotatable bonds is 9. The number of nitrogens with one attached hydrogen (secondary N) is 2. The molecule has 4 N–H and O–H groups in total. The smallest absolute Gasteiger partial charge is 0.335 e. The highest BCUT2D eigenvalue weighted by Gasteiger charge is 2.37. The second kappa shape index (κ2) is 10.1. The van der Waals surface area contributed by atoms with Crippen LogP contribution in [0.1, 0.15) is 45.5 Å². The Kier molecular flexibility index (Phi) is 7.33. The molecule has 3 aromatic rings. The second-order valence-corrected chi connectivity index (χ2v) is 10.4. The summed E-state index contributed by atoms with van der Waals surface area (Å²) in [7, 11) is -2.75. The van der Waals surface area contributed by atoms with Crippen molar-refractivity contribution < 1.29 is 32.0 Å². The fourth-order valence-electron chi connectivity index (χ4n) is 3.60. The molecule has 0 saturated heterocycles. The summed E-state index contributed by atoms with van der Waals surface area (Å²) in [5.41, 5.74) is 0.656. The molecule has 0 amide bonds. The lowest BCUT2D eigenvalue weighted by Crippen LogP contribution is -2.31. The Morgan fingerprint density at radius 1 is 1.38 bits per heavy atom. The molecule has 0 bridgehead atoms. The van der Waals surface area contributed by atoms with E-state index in [4.69, 9.17) is 20.2 Å². The average Bonchev–Trinajstić information content (AvgIpc) is 3.54. The van der Waals surface area contributed by atoms with Gasteiger partial charge in [-0.1, -0.05) is 0 Å². The molecule has 34 heavy (non-hydrogen) atoms. The lowest BCUT2D eigenvalue weighted by Gasteiger charge is -2.15. The van der Waals surface area contributed by atoms with Crippen LogP contribution in [-0.4, -0.2) is 59.7 Å². The van der Waals surface area contributed by atoms with Crippen LogP contribution in [0.4, 0.5) is 5.82 Å². The minimum atomic E-state index is -3.96. The number of furan rings is 1. The molecular formula is C20H21ClN4O7S2. The minimum Gasteiger partial charge on any atom is -0.447 e. The second-order valence-electron chi connectivity index (χ2n) is 7.58. The molecule has 4 rings (SSSR count). The predicted octanol–water partition coefficient (Wildman–Crippen LogP) is 1.88. The van der Waals surface area contributed by atoms with Crippen LogP contribution in [0.2, 0.25) is 5.22 Å². The minimum absolute atomic E-state index is 0.144. The molecular weight excluding hydrogens is 508 g/mol. The van der Waals surface area contributed by atoms with Crippen molar-refractivity contribution in [3.8, 4) is 0 Å². The van der Waals surface area contributed by atoms with Crippen molar-refractivity contribution in [3.63, 3.8) is 0 Å². The van der Waals surface area contributed by atoms with Crippen LogP contribution in [0, 0.1) is 0 Å². The van der Waals surface area contributed by atoms with Gasteiger partial charge < -0.3 is 19.9 Å². The number of aliphatic hydroxyl groups excluding tert-OH is 2. The summed E-state index contributed by atoms with van der Waals surface area (Å²) in [5, 5.41) is 25.6. The van der Waals surface area contributed by atoms with Crippen LogP contribution in [0.3, 0.4) is 0 Å². The van der Waals surface area contributed by atoms with Gasteiger partial charge in [0.2, 0.25) is 5.78 Å². The molecule has 14 heteroatoms. The summed E-state index contributed by atoms with van der Waals surface area (Å²) in [4.78, 5) is 21.6. The van der Waals surface area contributed by atoms with E-state index in [9.17, 15) is 23.4 Å². The zero-order valence-electron chi connectivity index (χ0n) is 17.7. The third-order valence-electron chi connectivity index (χ3n) is 5.29. The van der Waals surface area contributed by atoms with Crippen molar-refractivity contribution >= 4 is 44.8 Å². The fourth-order valence-corrected chi connectivity index (χ4v) is 5.26. The number of aliphatic hydroxyl groups is 2. The van der Waals surface area contributed by atoms with Crippen molar-refractivity contribution in [1.29, 1.82) is 0 Å². The SMILES string of the molecule is CNS(=O)(=O)O[C@@H]1C[C@H](Nc2ncncc2C(=O)c2cc([C@@H](O)c3ccc(Cl)o3)cs2)C[C@@H]1O. The van der Waals surface area contributed by atoms with Crippen LogP contribution in [0.25, 0.3) is 0 Å². The number of ketones is 1. The van der Waals surface area contributed by atoms with Gasteiger partial charge in [0.15, 0.2) is 5.22 Å². The van der Waals surface area contributed by atoms with Crippen LogP contribution < -0.4 is 10.0 Å². The van der Waals surface area contributed by atoms with Crippen LogP contribution in [0.5, 0.6) is 0 Å². The maximum absolute atomic E-state index is 13.2. The maximum Gasteiger partial charge on any atom is 0.335 e. The number of anilines is 1. The van der Waals surface area contributed by atoms with Crippen molar-refractivity contribution in [2.75, 3.05) is 12.4 Å². The molecule has 1 aliphatic carbocycles. The summed E-state index contributed by atoms with van der Waals surface area (Å²) in [5.74, 6) is 0.125. The fraction of sp³-hybridized carbons (Fsp3) is 0.350. The molecule has 4 atom stereocenters. The predicted molar refractivity (Wildman–Crippen MR) is 123 cm³/mol. The lowest BCUT2D eigenvalue weighted by atomic mass is 10.1. The maximum atomic E-state index is 13.2. The largest absolute Gasteiger partial charge is 0.447 e. The number of carbonyl (C=O) groups excluding carboxylic acids is 1. The molecule has 11 nitrogen and oxygen atoms in total. The molecule has 0 aromatic carbocycles. The van der Waals surface area contributed by atoms with Gasteiger partial charge in [0.05, 0.1) is 16.5 Å². The van der Waals surface area contributed by atoms with Crippen molar-refractivity contribution in [2.45, 2.75) is 37.2 Å². The Hall–Kier alpha value is -2.39. The van der Waals surface area contributed by atoms with Gasteiger partial charge in [0.25, 0.3) is 0 Å². The van der Waals surface area contributed by atoms with E-state index in [2.05, 4.69) is 15.3 Å².